The van der Waals surface area contributed by atoms with E-state index in [1.54, 1.807) is 0 Å². The Labute approximate surface area is 176 Å². The van der Waals surface area contributed by atoms with Crippen LogP contribution in [0.3, 0.4) is 0 Å². The van der Waals surface area contributed by atoms with Crippen LogP contribution >= 0.6 is 27.3 Å². The maximum Gasteiger partial charge on any atom is 0.348 e. The number of hydrogen-bond acceptors (Lipinski definition) is 6. The van der Waals surface area contributed by atoms with Crippen molar-refractivity contribution in [3.8, 4) is 0 Å². The SMILES string of the molecule is Cc1ccc(Nc2ncnc3sc(C(=O)OC4CCCCC4)c(C)c23)cc1Br. The van der Waals surface area contributed by atoms with Gasteiger partial charge in [-0.1, -0.05) is 28.4 Å². The molecule has 2 aromatic heterocycles. The fourth-order valence-electron chi connectivity index (χ4n) is 3.56. The van der Waals surface area contributed by atoms with Gasteiger partial charge in [0.15, 0.2) is 0 Å². The van der Waals surface area contributed by atoms with Crippen LogP contribution in [0.2, 0.25) is 0 Å². The van der Waals surface area contributed by atoms with Crippen LogP contribution < -0.4 is 5.32 Å². The summed E-state index contributed by atoms with van der Waals surface area (Å²) in [6.07, 6.45) is 6.99. The molecule has 0 bridgehead atoms. The molecule has 1 aliphatic carbocycles. The number of thiophene rings is 1. The molecule has 0 radical (unpaired) electrons. The molecule has 3 aromatic rings. The minimum absolute atomic E-state index is 0.0412. The van der Waals surface area contributed by atoms with E-state index in [4.69, 9.17) is 4.74 Å². The van der Waals surface area contributed by atoms with Crippen LogP contribution in [0, 0.1) is 13.8 Å². The average Bonchev–Trinajstić information content (AvgIpc) is 3.03. The van der Waals surface area contributed by atoms with E-state index in [0.717, 1.165) is 57.2 Å². The molecule has 1 fully saturated rings. The Balaban J connectivity index is 1.64. The van der Waals surface area contributed by atoms with Gasteiger partial charge >= 0.3 is 5.97 Å². The Morgan fingerprint density at radius 1 is 1.21 bits per heavy atom. The van der Waals surface area contributed by atoms with E-state index in [-0.39, 0.29) is 12.1 Å². The summed E-state index contributed by atoms with van der Waals surface area (Å²) in [5, 5.41) is 4.24. The van der Waals surface area contributed by atoms with Crippen molar-refractivity contribution in [3.05, 3.63) is 45.0 Å². The summed E-state index contributed by atoms with van der Waals surface area (Å²) in [5.41, 5.74) is 2.96. The predicted molar refractivity (Wildman–Crippen MR) is 117 cm³/mol. The van der Waals surface area contributed by atoms with Gasteiger partial charge in [-0.15, -0.1) is 11.3 Å². The van der Waals surface area contributed by atoms with Crippen LogP contribution in [0.5, 0.6) is 0 Å². The standard InChI is InChI=1S/C21H22BrN3O2S/c1-12-8-9-14(10-16(12)22)25-19-17-13(2)18(28-20(17)24-11-23-19)21(26)27-15-6-4-3-5-7-15/h8-11,15H,3-7H2,1-2H3,(H,23,24,25). The Morgan fingerprint density at radius 3 is 2.75 bits per heavy atom. The molecule has 1 aromatic carbocycles. The van der Waals surface area contributed by atoms with Gasteiger partial charge in [0, 0.05) is 10.2 Å². The van der Waals surface area contributed by atoms with Crippen LogP contribution in [-0.2, 0) is 4.74 Å². The van der Waals surface area contributed by atoms with Crippen molar-refractivity contribution in [2.75, 3.05) is 5.32 Å². The zero-order valence-electron chi connectivity index (χ0n) is 15.9. The third-order valence-corrected chi connectivity index (χ3v) is 7.21. The van der Waals surface area contributed by atoms with Crippen LogP contribution in [0.25, 0.3) is 10.2 Å². The van der Waals surface area contributed by atoms with E-state index in [9.17, 15) is 4.79 Å². The molecule has 0 spiro atoms. The number of ether oxygens (including phenoxy) is 1. The van der Waals surface area contributed by atoms with Gasteiger partial charge < -0.3 is 10.1 Å². The minimum Gasteiger partial charge on any atom is -0.458 e. The van der Waals surface area contributed by atoms with Crippen molar-refractivity contribution < 1.29 is 9.53 Å². The molecule has 28 heavy (non-hydrogen) atoms. The molecular weight excluding hydrogens is 438 g/mol. The Kier molecular flexibility index (Phi) is 5.64. The highest BCUT2D eigenvalue weighted by Crippen LogP contribution is 2.36. The molecule has 146 valence electrons. The van der Waals surface area contributed by atoms with Crippen LogP contribution in [0.4, 0.5) is 11.5 Å². The fraction of sp³-hybridized carbons (Fsp3) is 0.381. The largest absolute Gasteiger partial charge is 0.458 e. The number of rotatable bonds is 4. The van der Waals surface area contributed by atoms with Crippen molar-refractivity contribution in [3.63, 3.8) is 0 Å². The Morgan fingerprint density at radius 2 is 2.00 bits per heavy atom. The number of nitrogens with one attached hydrogen (secondary N) is 1. The van der Waals surface area contributed by atoms with Gasteiger partial charge in [-0.2, -0.15) is 0 Å². The number of benzene rings is 1. The van der Waals surface area contributed by atoms with Gasteiger partial charge in [0.2, 0.25) is 0 Å². The molecule has 0 atom stereocenters. The molecule has 0 saturated heterocycles. The van der Waals surface area contributed by atoms with Gasteiger partial charge in [-0.05, 0) is 62.8 Å². The number of carbonyl (C=O) groups is 1. The van der Waals surface area contributed by atoms with Gasteiger partial charge in [-0.3, -0.25) is 0 Å². The smallest absolute Gasteiger partial charge is 0.348 e. The van der Waals surface area contributed by atoms with Crippen molar-refractivity contribution in [1.29, 1.82) is 0 Å². The summed E-state index contributed by atoms with van der Waals surface area (Å²) in [6, 6.07) is 6.06. The van der Waals surface area contributed by atoms with Crippen molar-refractivity contribution >= 4 is 55.0 Å². The summed E-state index contributed by atoms with van der Waals surface area (Å²) in [5.74, 6) is 0.461. The minimum atomic E-state index is -0.239. The molecule has 1 aliphatic rings. The second kappa shape index (κ2) is 8.17. The third-order valence-electron chi connectivity index (χ3n) is 5.17. The molecule has 5 nitrogen and oxygen atoms in total. The molecule has 0 amide bonds. The summed E-state index contributed by atoms with van der Waals surface area (Å²) in [7, 11) is 0. The average molecular weight is 460 g/mol. The first-order chi connectivity index (χ1) is 13.5. The maximum atomic E-state index is 12.8. The zero-order valence-corrected chi connectivity index (χ0v) is 18.3. The zero-order chi connectivity index (χ0) is 19.7. The fourth-order valence-corrected chi connectivity index (χ4v) is 4.97. The monoisotopic (exact) mass is 459 g/mol. The van der Waals surface area contributed by atoms with Crippen molar-refractivity contribution in [1.82, 2.24) is 9.97 Å². The quantitative estimate of drug-likeness (QED) is 0.463. The second-order valence-corrected chi connectivity index (χ2v) is 9.07. The maximum absolute atomic E-state index is 12.8. The van der Waals surface area contributed by atoms with E-state index >= 15 is 0 Å². The number of esters is 1. The normalized spacial score (nSPS) is 15.0. The topological polar surface area (TPSA) is 64.1 Å². The molecule has 7 heteroatoms. The number of aryl methyl sites for hydroxylation is 2. The first-order valence-corrected chi connectivity index (χ1v) is 11.1. The lowest BCUT2D eigenvalue weighted by Crippen LogP contribution is -2.20. The first kappa shape index (κ1) is 19.3. The number of anilines is 2. The lowest BCUT2D eigenvalue weighted by atomic mass is 9.98. The van der Waals surface area contributed by atoms with Gasteiger partial charge in [0.05, 0.1) is 5.39 Å². The summed E-state index contributed by atoms with van der Waals surface area (Å²) < 4.78 is 6.80. The molecule has 1 saturated carbocycles. The first-order valence-electron chi connectivity index (χ1n) is 9.51. The highest BCUT2D eigenvalue weighted by atomic mass is 79.9. The summed E-state index contributed by atoms with van der Waals surface area (Å²) in [6.45, 7) is 3.99. The van der Waals surface area contributed by atoms with E-state index < -0.39 is 0 Å². The molecule has 0 aliphatic heterocycles. The van der Waals surface area contributed by atoms with Crippen LogP contribution in [-0.4, -0.2) is 22.0 Å². The van der Waals surface area contributed by atoms with E-state index in [0.29, 0.717) is 10.7 Å². The van der Waals surface area contributed by atoms with Crippen molar-refractivity contribution in [2.45, 2.75) is 52.1 Å². The Bertz CT molecular complexity index is 1030. The second-order valence-electron chi connectivity index (χ2n) is 7.21. The third kappa shape index (κ3) is 3.91. The van der Waals surface area contributed by atoms with Crippen LogP contribution in [0.1, 0.15) is 52.9 Å². The number of fused-ring (bicyclic) bond motifs is 1. The highest BCUT2D eigenvalue weighted by Gasteiger charge is 2.24. The number of halogens is 1. The number of nitrogens with zero attached hydrogens (tertiary/aromatic N) is 2. The molecule has 2 heterocycles. The molecule has 0 unspecified atom stereocenters. The predicted octanol–water partition coefficient (Wildman–Crippen LogP) is 6.30. The van der Waals surface area contributed by atoms with Gasteiger partial charge in [-0.25, -0.2) is 14.8 Å². The number of carbonyl (C=O) groups excluding carboxylic acids is 1. The number of aromatic nitrogens is 2. The van der Waals surface area contributed by atoms with E-state index in [1.807, 2.05) is 32.0 Å². The summed E-state index contributed by atoms with van der Waals surface area (Å²) >= 11 is 4.94. The molecule has 1 N–H and O–H groups in total. The summed E-state index contributed by atoms with van der Waals surface area (Å²) in [4.78, 5) is 23.0. The van der Waals surface area contributed by atoms with Gasteiger partial charge in [0.25, 0.3) is 0 Å². The van der Waals surface area contributed by atoms with Crippen molar-refractivity contribution in [2.24, 2.45) is 0 Å². The van der Waals surface area contributed by atoms with E-state index in [2.05, 4.69) is 31.2 Å². The lowest BCUT2D eigenvalue weighted by Gasteiger charge is -2.21. The van der Waals surface area contributed by atoms with Gasteiger partial charge in [0.1, 0.15) is 28.0 Å². The molecular formula is C21H22BrN3O2S. The lowest BCUT2D eigenvalue weighted by molar-refractivity contribution is 0.0216. The molecule has 4 rings (SSSR count). The van der Waals surface area contributed by atoms with E-state index in [1.165, 1.54) is 24.1 Å². The number of hydrogen-bond donors (Lipinski definition) is 1. The highest BCUT2D eigenvalue weighted by molar-refractivity contribution is 9.10. The Hall–Kier alpha value is -1.99. The van der Waals surface area contributed by atoms with Crippen LogP contribution in [0.15, 0.2) is 29.0 Å².